The lowest BCUT2D eigenvalue weighted by Gasteiger charge is -2.49. The Morgan fingerprint density at radius 2 is 2.00 bits per heavy atom. The van der Waals surface area contributed by atoms with Crippen LogP contribution in [0.1, 0.15) is 19.4 Å². The van der Waals surface area contributed by atoms with Gasteiger partial charge in [0.1, 0.15) is 0 Å². The molecule has 5 heteroatoms. The topological polar surface area (TPSA) is 67.6 Å². The van der Waals surface area contributed by atoms with Crippen LogP contribution in [-0.2, 0) is 5.54 Å². The van der Waals surface area contributed by atoms with E-state index in [0.29, 0.717) is 18.7 Å². The van der Waals surface area contributed by atoms with Crippen molar-refractivity contribution >= 4 is 6.09 Å². The molecule has 114 valence electrons. The van der Waals surface area contributed by atoms with Crippen molar-refractivity contribution in [1.29, 1.82) is 5.26 Å². The standard InChI is InChI=1S/C17H19N3O2/c1-17(2,13-6-4-3-5-7-13)20-14-8-12(9-18)15(20)11-19(10-14)16(21)22/h3-8,14-15H,10-11H2,1-2H3,(H,21,22)/t14-,15-/m1/s1. The Labute approximate surface area is 130 Å². The smallest absolute Gasteiger partial charge is 0.407 e. The Bertz CT molecular complexity index is 660. The predicted octanol–water partition coefficient (Wildman–Crippen LogP) is 2.42. The van der Waals surface area contributed by atoms with E-state index in [-0.39, 0.29) is 17.6 Å². The van der Waals surface area contributed by atoms with Crippen molar-refractivity contribution in [3.8, 4) is 6.07 Å². The summed E-state index contributed by atoms with van der Waals surface area (Å²) < 4.78 is 0. The SMILES string of the molecule is CC(C)(c1ccccc1)N1[C@@H]2C=C(C#N)[C@H]1CN(C(=O)O)C2. The van der Waals surface area contributed by atoms with Crippen molar-refractivity contribution in [1.82, 2.24) is 9.80 Å². The number of carbonyl (C=O) groups is 1. The molecule has 2 aliphatic heterocycles. The first-order chi connectivity index (χ1) is 10.4. The Morgan fingerprint density at radius 3 is 2.59 bits per heavy atom. The maximum absolute atomic E-state index is 11.3. The second kappa shape index (κ2) is 5.15. The minimum absolute atomic E-state index is 0.0558. The van der Waals surface area contributed by atoms with E-state index in [1.165, 1.54) is 10.5 Å². The van der Waals surface area contributed by atoms with Crippen LogP contribution < -0.4 is 0 Å². The van der Waals surface area contributed by atoms with E-state index in [4.69, 9.17) is 0 Å². The Hall–Kier alpha value is -2.32. The maximum Gasteiger partial charge on any atom is 0.407 e. The molecule has 1 N–H and O–H groups in total. The molecule has 0 radical (unpaired) electrons. The maximum atomic E-state index is 11.3. The second-order valence-corrected chi connectivity index (χ2v) is 6.34. The second-order valence-electron chi connectivity index (χ2n) is 6.34. The zero-order chi connectivity index (χ0) is 15.9. The number of amides is 1. The van der Waals surface area contributed by atoms with Gasteiger partial charge in [-0.05, 0) is 19.4 Å². The van der Waals surface area contributed by atoms with Crippen LogP contribution in [0.2, 0.25) is 0 Å². The zero-order valence-corrected chi connectivity index (χ0v) is 12.7. The van der Waals surface area contributed by atoms with Gasteiger partial charge < -0.3 is 10.0 Å². The summed E-state index contributed by atoms with van der Waals surface area (Å²) in [5.41, 5.74) is 1.58. The van der Waals surface area contributed by atoms with Crippen LogP contribution in [0.5, 0.6) is 0 Å². The van der Waals surface area contributed by atoms with E-state index >= 15 is 0 Å². The molecule has 2 atom stereocenters. The fourth-order valence-electron chi connectivity index (χ4n) is 3.68. The summed E-state index contributed by atoms with van der Waals surface area (Å²) in [6, 6.07) is 12.2. The van der Waals surface area contributed by atoms with Crippen LogP contribution >= 0.6 is 0 Å². The molecule has 3 rings (SSSR count). The third-order valence-electron chi connectivity index (χ3n) is 4.75. The van der Waals surface area contributed by atoms with Crippen LogP contribution in [0.25, 0.3) is 0 Å². The van der Waals surface area contributed by atoms with Crippen molar-refractivity contribution in [3.05, 3.63) is 47.5 Å². The molecule has 1 aromatic rings. The lowest BCUT2D eigenvalue weighted by Crippen LogP contribution is -2.61. The van der Waals surface area contributed by atoms with Gasteiger partial charge in [0.2, 0.25) is 0 Å². The lowest BCUT2D eigenvalue weighted by molar-refractivity contribution is 0.00405. The first-order valence-electron chi connectivity index (χ1n) is 7.39. The molecule has 22 heavy (non-hydrogen) atoms. The first-order valence-corrected chi connectivity index (χ1v) is 7.39. The van der Waals surface area contributed by atoms with Gasteiger partial charge >= 0.3 is 6.09 Å². The van der Waals surface area contributed by atoms with Gasteiger partial charge in [0, 0.05) is 30.2 Å². The Morgan fingerprint density at radius 1 is 1.32 bits per heavy atom. The third kappa shape index (κ3) is 2.16. The molecule has 1 fully saturated rings. The molecule has 5 nitrogen and oxygen atoms in total. The van der Waals surface area contributed by atoms with E-state index in [0.717, 1.165) is 0 Å². The zero-order valence-electron chi connectivity index (χ0n) is 12.7. The van der Waals surface area contributed by atoms with Crippen LogP contribution in [0, 0.1) is 11.3 Å². The largest absolute Gasteiger partial charge is 0.465 e. The molecule has 1 amide bonds. The Kier molecular flexibility index (Phi) is 3.42. The molecule has 2 aliphatic rings. The van der Waals surface area contributed by atoms with Crippen molar-refractivity contribution in [2.75, 3.05) is 13.1 Å². The number of nitrogens with zero attached hydrogens (tertiary/aromatic N) is 3. The van der Waals surface area contributed by atoms with Crippen molar-refractivity contribution in [2.45, 2.75) is 31.5 Å². The highest BCUT2D eigenvalue weighted by molar-refractivity contribution is 5.66. The van der Waals surface area contributed by atoms with Crippen molar-refractivity contribution in [2.24, 2.45) is 0 Å². The van der Waals surface area contributed by atoms with Crippen LogP contribution in [0.4, 0.5) is 4.79 Å². The fourth-order valence-corrected chi connectivity index (χ4v) is 3.68. The fraction of sp³-hybridized carbons (Fsp3) is 0.412. The molecule has 2 bridgehead atoms. The van der Waals surface area contributed by atoms with Gasteiger partial charge in [-0.25, -0.2) is 4.79 Å². The molecule has 0 aliphatic carbocycles. The summed E-state index contributed by atoms with van der Waals surface area (Å²) in [7, 11) is 0. The van der Waals surface area contributed by atoms with Crippen LogP contribution in [-0.4, -0.2) is 46.2 Å². The van der Waals surface area contributed by atoms with Gasteiger partial charge in [-0.1, -0.05) is 36.4 Å². The number of benzene rings is 1. The van der Waals surface area contributed by atoms with Gasteiger partial charge in [-0.2, -0.15) is 5.26 Å². The number of piperazine rings is 1. The molecule has 0 spiro atoms. The predicted molar refractivity (Wildman–Crippen MR) is 82.2 cm³/mol. The van der Waals surface area contributed by atoms with E-state index < -0.39 is 6.09 Å². The summed E-state index contributed by atoms with van der Waals surface area (Å²) in [5.74, 6) is 0. The normalized spacial score (nSPS) is 24.8. The van der Waals surface area contributed by atoms with Gasteiger partial charge in [0.15, 0.2) is 0 Å². The molecule has 0 saturated carbocycles. The number of hydrogen-bond acceptors (Lipinski definition) is 3. The summed E-state index contributed by atoms with van der Waals surface area (Å²) in [6.07, 6.45) is 1.01. The van der Waals surface area contributed by atoms with Crippen molar-refractivity contribution in [3.63, 3.8) is 0 Å². The molecular weight excluding hydrogens is 278 g/mol. The Balaban J connectivity index is 1.96. The van der Waals surface area contributed by atoms with E-state index in [1.54, 1.807) is 0 Å². The highest BCUT2D eigenvalue weighted by Gasteiger charge is 2.48. The molecule has 1 aromatic carbocycles. The average molecular weight is 297 g/mol. The number of fused-ring (bicyclic) bond motifs is 2. The number of nitriles is 1. The van der Waals surface area contributed by atoms with E-state index in [1.807, 2.05) is 24.3 Å². The average Bonchev–Trinajstić information content (AvgIpc) is 2.75. The lowest BCUT2D eigenvalue weighted by atomic mass is 9.89. The highest BCUT2D eigenvalue weighted by Crippen LogP contribution is 2.40. The minimum Gasteiger partial charge on any atom is -0.465 e. The monoisotopic (exact) mass is 297 g/mol. The van der Waals surface area contributed by atoms with Gasteiger partial charge in [-0.3, -0.25) is 4.90 Å². The summed E-state index contributed by atoms with van der Waals surface area (Å²) >= 11 is 0. The number of hydrogen-bond donors (Lipinski definition) is 1. The minimum atomic E-state index is -0.917. The van der Waals surface area contributed by atoms with Gasteiger partial charge in [-0.15, -0.1) is 0 Å². The first kappa shape index (κ1) is 14.6. The number of carboxylic acid groups (broad SMARTS) is 1. The summed E-state index contributed by atoms with van der Waals surface area (Å²) in [6.45, 7) is 5.02. The van der Waals surface area contributed by atoms with E-state index in [2.05, 4.69) is 36.9 Å². The summed E-state index contributed by atoms with van der Waals surface area (Å²) in [5, 5.41) is 18.6. The number of rotatable bonds is 2. The molecule has 0 aromatic heterocycles. The van der Waals surface area contributed by atoms with Gasteiger partial charge in [0.25, 0.3) is 0 Å². The third-order valence-corrected chi connectivity index (χ3v) is 4.75. The molecular formula is C17H19N3O2. The molecule has 1 saturated heterocycles. The molecule has 2 heterocycles. The van der Waals surface area contributed by atoms with E-state index in [9.17, 15) is 15.2 Å². The van der Waals surface area contributed by atoms with Crippen molar-refractivity contribution < 1.29 is 9.90 Å². The van der Waals surface area contributed by atoms with Gasteiger partial charge in [0.05, 0.1) is 12.1 Å². The quantitative estimate of drug-likeness (QED) is 0.910. The summed E-state index contributed by atoms with van der Waals surface area (Å²) in [4.78, 5) is 15.0. The highest BCUT2D eigenvalue weighted by atomic mass is 16.4. The van der Waals surface area contributed by atoms with Crippen LogP contribution in [0.3, 0.4) is 0 Å². The molecule has 0 unspecified atom stereocenters. The van der Waals surface area contributed by atoms with Crippen LogP contribution in [0.15, 0.2) is 42.0 Å².